The molecule has 100 valence electrons. The first-order valence-electron chi connectivity index (χ1n) is 6.62. The third-order valence-electron chi connectivity index (χ3n) is 3.65. The first-order valence-corrected chi connectivity index (χ1v) is 7.87. The van der Waals surface area contributed by atoms with Crippen LogP contribution in [0.2, 0.25) is 5.02 Å². The lowest BCUT2D eigenvalue weighted by atomic mass is 10.0. The van der Waals surface area contributed by atoms with Gasteiger partial charge in [0.1, 0.15) is 0 Å². The number of halogens is 1. The molecule has 4 heteroatoms. The fraction of sp³-hybridized carbons (Fsp3) is 0.400. The fourth-order valence-corrected chi connectivity index (χ4v) is 3.21. The smallest absolute Gasteiger partial charge is 0.0798 e. The molecule has 1 aromatic heterocycles. The molecule has 0 radical (unpaired) electrons. The van der Waals surface area contributed by atoms with Gasteiger partial charge in [-0.2, -0.15) is 0 Å². The number of rotatable bonds is 5. The Kier molecular flexibility index (Phi) is 3.87. The van der Waals surface area contributed by atoms with Gasteiger partial charge in [-0.15, -0.1) is 11.3 Å². The van der Waals surface area contributed by atoms with Crippen molar-refractivity contribution in [2.45, 2.75) is 32.4 Å². The third kappa shape index (κ3) is 3.16. The van der Waals surface area contributed by atoms with Crippen molar-refractivity contribution in [3.8, 4) is 0 Å². The predicted octanol–water partition coefficient (Wildman–Crippen LogP) is 4.35. The second kappa shape index (κ2) is 5.61. The zero-order chi connectivity index (χ0) is 13.2. The van der Waals surface area contributed by atoms with Gasteiger partial charge in [0.15, 0.2) is 0 Å². The van der Waals surface area contributed by atoms with E-state index in [4.69, 9.17) is 11.6 Å². The predicted molar refractivity (Wildman–Crippen MR) is 80.6 cm³/mol. The van der Waals surface area contributed by atoms with Crippen molar-refractivity contribution in [1.82, 2.24) is 10.3 Å². The van der Waals surface area contributed by atoms with Gasteiger partial charge in [0.25, 0.3) is 0 Å². The summed E-state index contributed by atoms with van der Waals surface area (Å²) in [5.74, 6) is 0.773. The number of nitrogens with one attached hydrogen (secondary N) is 1. The van der Waals surface area contributed by atoms with Crippen molar-refractivity contribution in [2.75, 3.05) is 0 Å². The summed E-state index contributed by atoms with van der Waals surface area (Å²) in [6, 6.07) is 8.67. The highest BCUT2D eigenvalue weighted by atomic mass is 35.5. The molecular weight excluding hydrogens is 276 g/mol. The van der Waals surface area contributed by atoms with Gasteiger partial charge in [0.2, 0.25) is 0 Å². The molecule has 1 N–H and O–H groups in total. The maximum atomic E-state index is 5.96. The summed E-state index contributed by atoms with van der Waals surface area (Å²) >= 11 is 7.69. The van der Waals surface area contributed by atoms with Crippen LogP contribution in [0.15, 0.2) is 29.8 Å². The van der Waals surface area contributed by atoms with Crippen LogP contribution in [0.5, 0.6) is 0 Å². The summed E-state index contributed by atoms with van der Waals surface area (Å²) in [6.45, 7) is 2.97. The maximum Gasteiger partial charge on any atom is 0.0798 e. The van der Waals surface area contributed by atoms with E-state index in [1.165, 1.54) is 23.3 Å². The summed E-state index contributed by atoms with van der Waals surface area (Å²) in [5, 5.41) is 4.49. The Balaban J connectivity index is 1.71. The van der Waals surface area contributed by atoms with Gasteiger partial charge in [-0.25, -0.2) is 4.98 Å². The summed E-state index contributed by atoms with van der Waals surface area (Å²) < 4.78 is 0. The number of hydrogen-bond donors (Lipinski definition) is 1. The lowest BCUT2D eigenvalue weighted by Crippen LogP contribution is -2.22. The fourth-order valence-electron chi connectivity index (χ4n) is 2.35. The molecule has 0 bridgehead atoms. The molecule has 1 heterocycles. The highest BCUT2D eigenvalue weighted by Gasteiger charge is 2.32. The Morgan fingerprint density at radius 1 is 1.37 bits per heavy atom. The molecule has 1 atom stereocenters. The van der Waals surface area contributed by atoms with Crippen molar-refractivity contribution in [3.63, 3.8) is 0 Å². The van der Waals surface area contributed by atoms with E-state index in [1.807, 2.05) is 17.6 Å². The van der Waals surface area contributed by atoms with Gasteiger partial charge in [-0.05, 0) is 43.4 Å². The summed E-state index contributed by atoms with van der Waals surface area (Å²) in [6.07, 6.45) is 2.64. The van der Waals surface area contributed by atoms with E-state index >= 15 is 0 Å². The number of benzene rings is 1. The van der Waals surface area contributed by atoms with E-state index in [0.29, 0.717) is 6.04 Å². The van der Waals surface area contributed by atoms with Gasteiger partial charge in [-0.1, -0.05) is 23.7 Å². The Bertz CT molecular complexity index is 546. The van der Waals surface area contributed by atoms with Gasteiger partial charge in [0.05, 0.1) is 11.2 Å². The average molecular weight is 293 g/mol. The number of hydrogen-bond acceptors (Lipinski definition) is 3. The van der Waals surface area contributed by atoms with Crippen LogP contribution in [0.25, 0.3) is 0 Å². The summed E-state index contributed by atoms with van der Waals surface area (Å²) in [4.78, 5) is 5.63. The molecule has 0 amide bonds. The third-order valence-corrected chi connectivity index (χ3v) is 4.84. The average Bonchev–Trinajstić information content (AvgIpc) is 3.16. The molecular formula is C15H17ClN2S. The quantitative estimate of drug-likeness (QED) is 0.886. The number of aryl methyl sites for hydroxylation is 1. The summed E-state index contributed by atoms with van der Waals surface area (Å²) in [7, 11) is 0. The van der Waals surface area contributed by atoms with Crippen molar-refractivity contribution in [2.24, 2.45) is 5.92 Å². The first-order chi connectivity index (χ1) is 9.24. The van der Waals surface area contributed by atoms with Crippen LogP contribution >= 0.6 is 22.9 Å². The van der Waals surface area contributed by atoms with Gasteiger partial charge in [-0.3, -0.25) is 0 Å². The molecule has 2 nitrogen and oxygen atoms in total. The second-order valence-electron chi connectivity index (χ2n) is 5.11. The minimum Gasteiger partial charge on any atom is -0.305 e. The zero-order valence-corrected chi connectivity index (χ0v) is 12.5. The molecule has 1 aliphatic rings. The Labute approximate surface area is 122 Å². The largest absolute Gasteiger partial charge is 0.305 e. The number of nitrogens with zero attached hydrogens (tertiary/aromatic N) is 1. The van der Waals surface area contributed by atoms with Gasteiger partial charge in [0, 0.05) is 22.5 Å². The van der Waals surface area contributed by atoms with E-state index in [0.717, 1.165) is 23.2 Å². The molecule has 1 fully saturated rings. The molecule has 0 spiro atoms. The van der Waals surface area contributed by atoms with E-state index in [2.05, 4.69) is 29.4 Å². The van der Waals surface area contributed by atoms with Crippen LogP contribution < -0.4 is 5.32 Å². The van der Waals surface area contributed by atoms with Crippen molar-refractivity contribution in [3.05, 3.63) is 50.9 Å². The number of aromatic nitrogens is 1. The van der Waals surface area contributed by atoms with E-state index < -0.39 is 0 Å². The molecule has 3 rings (SSSR count). The molecule has 1 saturated carbocycles. The molecule has 1 unspecified atom stereocenters. The van der Waals surface area contributed by atoms with Crippen LogP contribution in [-0.2, 0) is 6.54 Å². The second-order valence-corrected chi connectivity index (χ2v) is 6.48. The standard InChI is InChI=1S/C15H17ClN2S/c1-10-14(19-9-18-10)8-17-15(11-2-3-11)12-4-6-13(16)7-5-12/h4-7,9,11,15,17H,2-3,8H2,1H3. The van der Waals surface area contributed by atoms with Crippen LogP contribution in [0.1, 0.15) is 35.0 Å². The van der Waals surface area contributed by atoms with Crippen LogP contribution in [0.3, 0.4) is 0 Å². The molecule has 2 aromatic rings. The minimum atomic E-state index is 0.443. The SMILES string of the molecule is Cc1ncsc1CNC(c1ccc(Cl)cc1)C1CC1. The molecule has 1 aliphatic carbocycles. The maximum absolute atomic E-state index is 5.96. The van der Waals surface area contributed by atoms with Crippen LogP contribution in [-0.4, -0.2) is 4.98 Å². The van der Waals surface area contributed by atoms with Crippen molar-refractivity contribution >= 4 is 22.9 Å². The van der Waals surface area contributed by atoms with E-state index in [-0.39, 0.29) is 0 Å². The van der Waals surface area contributed by atoms with Crippen LogP contribution in [0.4, 0.5) is 0 Å². The molecule has 0 aliphatic heterocycles. The van der Waals surface area contributed by atoms with Crippen LogP contribution in [0, 0.1) is 12.8 Å². The summed E-state index contributed by atoms with van der Waals surface area (Å²) in [5.41, 5.74) is 4.40. The van der Waals surface area contributed by atoms with Gasteiger partial charge >= 0.3 is 0 Å². The topological polar surface area (TPSA) is 24.9 Å². The normalized spacial score (nSPS) is 16.5. The van der Waals surface area contributed by atoms with Crippen molar-refractivity contribution in [1.29, 1.82) is 0 Å². The monoisotopic (exact) mass is 292 g/mol. The highest BCUT2D eigenvalue weighted by Crippen LogP contribution is 2.41. The zero-order valence-electron chi connectivity index (χ0n) is 10.9. The minimum absolute atomic E-state index is 0.443. The number of thiazole rings is 1. The lowest BCUT2D eigenvalue weighted by Gasteiger charge is -2.18. The molecule has 0 saturated heterocycles. The Morgan fingerprint density at radius 2 is 2.11 bits per heavy atom. The Hall–Kier alpha value is -0.900. The molecule has 19 heavy (non-hydrogen) atoms. The van der Waals surface area contributed by atoms with Crippen molar-refractivity contribution < 1.29 is 0 Å². The Morgan fingerprint density at radius 3 is 2.68 bits per heavy atom. The van der Waals surface area contributed by atoms with E-state index in [1.54, 1.807) is 11.3 Å². The van der Waals surface area contributed by atoms with Gasteiger partial charge < -0.3 is 5.32 Å². The molecule has 1 aromatic carbocycles. The van der Waals surface area contributed by atoms with E-state index in [9.17, 15) is 0 Å². The lowest BCUT2D eigenvalue weighted by molar-refractivity contribution is 0.482. The highest BCUT2D eigenvalue weighted by molar-refractivity contribution is 7.09. The first kappa shape index (κ1) is 13.1.